The van der Waals surface area contributed by atoms with Gasteiger partial charge in [-0.25, -0.2) is 5.48 Å². The van der Waals surface area contributed by atoms with E-state index >= 15 is 0 Å². The lowest BCUT2D eigenvalue weighted by Crippen LogP contribution is -2.17. The van der Waals surface area contributed by atoms with Crippen LogP contribution in [0.3, 0.4) is 0 Å². The molecule has 0 unspecified atom stereocenters. The lowest BCUT2D eigenvalue weighted by molar-refractivity contribution is -0.129. The Morgan fingerprint density at radius 3 is 2.67 bits per heavy atom. The number of nitrogens with one attached hydrogen (secondary N) is 1. The molecule has 6 nitrogen and oxygen atoms in total. The molecule has 0 saturated heterocycles. The molecular formula is C24H28N4O2. The van der Waals surface area contributed by atoms with E-state index in [1.165, 1.54) is 0 Å². The summed E-state index contributed by atoms with van der Waals surface area (Å²) in [5.41, 5.74) is 14.5. The third-order valence-corrected chi connectivity index (χ3v) is 5.69. The second-order valence-corrected chi connectivity index (χ2v) is 7.75. The monoisotopic (exact) mass is 404 g/mol. The topological polar surface area (TPSA) is 104 Å². The molecule has 156 valence electrons. The smallest absolute Gasteiger partial charge is 0.243 e. The van der Waals surface area contributed by atoms with Gasteiger partial charge in [-0.2, -0.15) is 5.26 Å². The molecule has 0 bridgehead atoms. The summed E-state index contributed by atoms with van der Waals surface area (Å²) in [5, 5.41) is 19.1. The van der Waals surface area contributed by atoms with Gasteiger partial charge in [-0.3, -0.25) is 10.0 Å². The Morgan fingerprint density at radius 1 is 1.17 bits per heavy atom. The van der Waals surface area contributed by atoms with Gasteiger partial charge in [0.05, 0.1) is 11.6 Å². The normalized spacial score (nSPS) is 10.9. The molecule has 1 amide bonds. The van der Waals surface area contributed by atoms with Crippen molar-refractivity contribution in [2.45, 2.75) is 52.5 Å². The summed E-state index contributed by atoms with van der Waals surface area (Å²) >= 11 is 0. The Balaban J connectivity index is 1.88. The fraction of sp³-hybridized carbons (Fsp3) is 0.333. The number of carbonyl (C=O) groups excluding carboxylic acids is 1. The van der Waals surface area contributed by atoms with Gasteiger partial charge >= 0.3 is 0 Å². The van der Waals surface area contributed by atoms with Gasteiger partial charge in [0.2, 0.25) is 5.91 Å². The second kappa shape index (κ2) is 9.47. The van der Waals surface area contributed by atoms with E-state index in [0.29, 0.717) is 12.0 Å². The van der Waals surface area contributed by atoms with E-state index in [9.17, 15) is 10.1 Å². The Bertz CT molecular complexity index is 1110. The number of nitriles is 1. The molecule has 30 heavy (non-hydrogen) atoms. The molecule has 3 rings (SSSR count). The Labute approximate surface area is 176 Å². The zero-order valence-corrected chi connectivity index (χ0v) is 17.5. The zero-order chi connectivity index (χ0) is 21.7. The predicted octanol–water partition coefficient (Wildman–Crippen LogP) is 4.83. The first kappa shape index (κ1) is 21.4. The highest BCUT2D eigenvalue weighted by molar-refractivity contribution is 5.98. The van der Waals surface area contributed by atoms with Crippen LogP contribution in [0.25, 0.3) is 22.0 Å². The largest absolute Gasteiger partial charge is 0.398 e. The van der Waals surface area contributed by atoms with E-state index < -0.39 is 0 Å². The number of hydrogen-bond acceptors (Lipinski definition) is 4. The number of rotatable bonds is 8. The second-order valence-electron chi connectivity index (χ2n) is 7.75. The first-order valence-corrected chi connectivity index (χ1v) is 10.3. The number of anilines is 1. The maximum atomic E-state index is 11.1. The molecule has 1 heterocycles. The van der Waals surface area contributed by atoms with E-state index in [1.54, 1.807) is 5.48 Å². The highest BCUT2D eigenvalue weighted by Gasteiger charge is 2.15. The summed E-state index contributed by atoms with van der Waals surface area (Å²) in [5.74, 6) is -0.336. The number of aryl methyl sites for hydroxylation is 2. The molecule has 4 N–H and O–H groups in total. The van der Waals surface area contributed by atoms with Crippen molar-refractivity contribution in [3.05, 3.63) is 53.2 Å². The molecule has 0 spiro atoms. The van der Waals surface area contributed by atoms with Gasteiger partial charge in [0.25, 0.3) is 0 Å². The molecule has 0 saturated carbocycles. The number of nitrogen functional groups attached to an aromatic ring is 1. The Morgan fingerprint density at radius 2 is 1.93 bits per heavy atom. The summed E-state index contributed by atoms with van der Waals surface area (Å²) in [6.45, 7) is 4.85. The van der Waals surface area contributed by atoms with Gasteiger partial charge in [0.15, 0.2) is 0 Å². The van der Waals surface area contributed by atoms with Gasteiger partial charge in [-0.15, -0.1) is 0 Å². The van der Waals surface area contributed by atoms with Crippen molar-refractivity contribution >= 4 is 22.5 Å². The Kier molecular flexibility index (Phi) is 6.76. The molecule has 0 aliphatic rings. The van der Waals surface area contributed by atoms with Crippen LogP contribution in [0.2, 0.25) is 0 Å². The third kappa shape index (κ3) is 4.47. The summed E-state index contributed by atoms with van der Waals surface area (Å²) in [6, 6.07) is 12.3. The molecule has 0 aliphatic heterocycles. The number of nitrogens with zero attached hydrogens (tertiary/aromatic N) is 2. The predicted molar refractivity (Wildman–Crippen MR) is 119 cm³/mol. The number of aromatic nitrogens is 1. The van der Waals surface area contributed by atoms with Crippen LogP contribution in [-0.2, 0) is 11.3 Å². The molecule has 1 aromatic heterocycles. The third-order valence-electron chi connectivity index (χ3n) is 5.69. The average Bonchev–Trinajstić information content (AvgIpc) is 3.08. The van der Waals surface area contributed by atoms with Crippen LogP contribution in [0.5, 0.6) is 0 Å². The van der Waals surface area contributed by atoms with Crippen molar-refractivity contribution < 1.29 is 10.0 Å². The number of hydrogen-bond donors (Lipinski definition) is 3. The van der Waals surface area contributed by atoms with Crippen LogP contribution < -0.4 is 11.2 Å². The molecule has 3 aromatic rings. The number of carbonyl (C=O) groups is 1. The number of amides is 1. The van der Waals surface area contributed by atoms with Gasteiger partial charge < -0.3 is 10.3 Å². The number of hydroxylamine groups is 1. The number of benzene rings is 2. The summed E-state index contributed by atoms with van der Waals surface area (Å²) in [7, 11) is 0. The molecule has 6 heteroatoms. The maximum Gasteiger partial charge on any atom is 0.243 e. The fourth-order valence-corrected chi connectivity index (χ4v) is 3.88. The van der Waals surface area contributed by atoms with Gasteiger partial charge in [-0.05, 0) is 61.6 Å². The van der Waals surface area contributed by atoms with Crippen LogP contribution >= 0.6 is 0 Å². The van der Waals surface area contributed by atoms with E-state index in [4.69, 9.17) is 10.9 Å². The van der Waals surface area contributed by atoms with E-state index in [-0.39, 0.29) is 5.91 Å². The van der Waals surface area contributed by atoms with Crippen LogP contribution in [-0.4, -0.2) is 15.7 Å². The quantitative estimate of drug-likeness (QED) is 0.216. The summed E-state index contributed by atoms with van der Waals surface area (Å²) in [4.78, 5) is 11.1. The van der Waals surface area contributed by atoms with Crippen molar-refractivity contribution in [3.63, 3.8) is 0 Å². The first-order valence-electron chi connectivity index (χ1n) is 10.3. The number of unbranched alkanes of at least 4 members (excludes halogenated alkanes) is 3. The SMILES string of the molecule is Cc1cc2c(cc1C#N)c(-c1cccc(N)c1C)cn2CCCCCCC(=O)NO. The van der Waals surface area contributed by atoms with Crippen LogP contribution in [0.4, 0.5) is 5.69 Å². The molecular weight excluding hydrogens is 376 g/mol. The van der Waals surface area contributed by atoms with Crippen LogP contribution in [0.1, 0.15) is 48.8 Å². The van der Waals surface area contributed by atoms with E-state index in [2.05, 4.69) is 29.0 Å². The highest BCUT2D eigenvalue weighted by atomic mass is 16.5. The lowest BCUT2D eigenvalue weighted by atomic mass is 9.97. The Hall–Kier alpha value is -3.30. The zero-order valence-electron chi connectivity index (χ0n) is 17.5. The van der Waals surface area contributed by atoms with Gasteiger partial charge in [-0.1, -0.05) is 25.0 Å². The molecule has 0 fully saturated rings. The molecule has 0 aliphatic carbocycles. The maximum absolute atomic E-state index is 11.1. The highest BCUT2D eigenvalue weighted by Crippen LogP contribution is 2.36. The van der Waals surface area contributed by atoms with E-state index in [1.807, 2.05) is 32.0 Å². The standard InChI is InChI=1S/C24H28N4O2/c1-16-12-23-20(13-18(16)14-25)21(19-8-7-9-22(26)17(19)2)15-28(23)11-6-4-3-5-10-24(29)27-30/h7-9,12-13,15,30H,3-6,10-11,26H2,1-2H3,(H,27,29). The molecule has 0 radical (unpaired) electrons. The summed E-state index contributed by atoms with van der Waals surface area (Å²) < 4.78 is 2.25. The van der Waals surface area contributed by atoms with Crippen molar-refractivity contribution in [2.24, 2.45) is 0 Å². The molecule has 2 aromatic carbocycles. The summed E-state index contributed by atoms with van der Waals surface area (Å²) in [6.07, 6.45) is 6.19. The minimum absolute atomic E-state index is 0.336. The fourth-order valence-electron chi connectivity index (χ4n) is 3.88. The van der Waals surface area contributed by atoms with Crippen molar-refractivity contribution in [2.75, 3.05) is 5.73 Å². The minimum atomic E-state index is -0.336. The lowest BCUT2D eigenvalue weighted by Gasteiger charge is -2.08. The van der Waals surface area contributed by atoms with Crippen LogP contribution in [0.15, 0.2) is 36.5 Å². The van der Waals surface area contributed by atoms with Crippen LogP contribution in [0, 0.1) is 25.2 Å². The van der Waals surface area contributed by atoms with Crippen molar-refractivity contribution in [3.8, 4) is 17.2 Å². The van der Waals surface area contributed by atoms with Gasteiger partial charge in [0, 0.05) is 41.3 Å². The number of fused-ring (bicyclic) bond motifs is 1. The minimum Gasteiger partial charge on any atom is -0.398 e. The first-order chi connectivity index (χ1) is 14.5. The van der Waals surface area contributed by atoms with Crippen molar-refractivity contribution in [1.82, 2.24) is 10.0 Å². The average molecular weight is 405 g/mol. The van der Waals surface area contributed by atoms with E-state index in [0.717, 1.165) is 71.1 Å². The van der Waals surface area contributed by atoms with Gasteiger partial charge in [0.1, 0.15) is 0 Å². The number of nitrogens with two attached hydrogens (primary N) is 1. The molecule has 0 atom stereocenters. The van der Waals surface area contributed by atoms with Crippen molar-refractivity contribution in [1.29, 1.82) is 5.26 Å².